The Morgan fingerprint density at radius 2 is 2.04 bits per heavy atom. The van der Waals surface area contributed by atoms with Gasteiger partial charge in [-0.2, -0.15) is 11.8 Å². The molecule has 0 unspecified atom stereocenters. The second-order valence-electron chi connectivity index (χ2n) is 5.48. The number of hydrogen-bond acceptors (Lipinski definition) is 6. The van der Waals surface area contributed by atoms with Crippen LogP contribution in [0.15, 0.2) is 57.7 Å². The number of phenolic OH excluding ortho intramolecular Hbond substituents is 1. The number of rotatable bonds is 5. The van der Waals surface area contributed by atoms with Crippen molar-refractivity contribution >= 4 is 28.7 Å². The van der Waals surface area contributed by atoms with Gasteiger partial charge in [-0.1, -0.05) is 12.1 Å². The predicted molar refractivity (Wildman–Crippen MR) is 96.9 cm³/mol. The van der Waals surface area contributed by atoms with Crippen LogP contribution in [0, 0.1) is 0 Å². The average Bonchev–Trinajstić information content (AvgIpc) is 2.59. The summed E-state index contributed by atoms with van der Waals surface area (Å²) in [6.45, 7) is -0.0571. The Bertz CT molecular complexity index is 977. The molecular formula is C19H16O5S. The molecule has 0 aliphatic carbocycles. The van der Waals surface area contributed by atoms with E-state index >= 15 is 0 Å². The molecule has 0 fully saturated rings. The summed E-state index contributed by atoms with van der Waals surface area (Å²) in [4.78, 5) is 23.9. The van der Waals surface area contributed by atoms with Crippen LogP contribution in [0.25, 0.3) is 11.0 Å². The highest BCUT2D eigenvalue weighted by Crippen LogP contribution is 2.22. The molecule has 0 aliphatic heterocycles. The molecule has 0 spiro atoms. The van der Waals surface area contributed by atoms with Gasteiger partial charge in [0.1, 0.15) is 17.9 Å². The van der Waals surface area contributed by atoms with E-state index in [4.69, 9.17) is 9.15 Å². The molecule has 0 bridgehead atoms. The van der Waals surface area contributed by atoms with E-state index in [0.717, 1.165) is 11.3 Å². The van der Waals surface area contributed by atoms with Crippen molar-refractivity contribution in [1.29, 1.82) is 0 Å². The molecule has 1 aromatic heterocycles. The summed E-state index contributed by atoms with van der Waals surface area (Å²) in [5, 5.41) is 10.1. The van der Waals surface area contributed by atoms with Gasteiger partial charge in [-0.05, 0) is 36.1 Å². The lowest BCUT2D eigenvalue weighted by Crippen LogP contribution is -2.08. The van der Waals surface area contributed by atoms with E-state index in [0.29, 0.717) is 16.5 Å². The maximum Gasteiger partial charge on any atom is 0.338 e. The summed E-state index contributed by atoms with van der Waals surface area (Å²) in [6.07, 6.45) is 1.99. The first-order chi connectivity index (χ1) is 12.1. The molecule has 25 heavy (non-hydrogen) atoms. The van der Waals surface area contributed by atoms with Gasteiger partial charge in [0, 0.05) is 28.8 Å². The molecule has 2 aromatic carbocycles. The molecule has 0 atom stereocenters. The average molecular weight is 356 g/mol. The lowest BCUT2D eigenvalue weighted by atomic mass is 10.1. The van der Waals surface area contributed by atoms with Gasteiger partial charge in [0.2, 0.25) is 0 Å². The van der Waals surface area contributed by atoms with Gasteiger partial charge in [-0.15, -0.1) is 0 Å². The maximum absolute atomic E-state index is 12.3. The Hall–Kier alpha value is -2.73. The lowest BCUT2D eigenvalue weighted by Gasteiger charge is -2.08. The first kappa shape index (κ1) is 17.1. The Balaban J connectivity index is 1.82. The monoisotopic (exact) mass is 356 g/mol. The summed E-state index contributed by atoms with van der Waals surface area (Å²) in [5.74, 6) is 0.355. The molecule has 128 valence electrons. The zero-order chi connectivity index (χ0) is 17.8. The first-order valence-corrected chi connectivity index (χ1v) is 8.97. The lowest BCUT2D eigenvalue weighted by molar-refractivity contribution is 0.0473. The van der Waals surface area contributed by atoms with E-state index in [2.05, 4.69) is 0 Å². The van der Waals surface area contributed by atoms with Crippen LogP contribution in [-0.4, -0.2) is 17.3 Å². The predicted octanol–water partition coefficient (Wildman–Crippen LogP) is 3.72. The second-order valence-corrected chi connectivity index (χ2v) is 6.35. The molecule has 6 heteroatoms. The van der Waals surface area contributed by atoms with Crippen LogP contribution in [0.5, 0.6) is 5.75 Å². The van der Waals surface area contributed by atoms with E-state index in [9.17, 15) is 14.7 Å². The highest BCUT2D eigenvalue weighted by Gasteiger charge is 2.11. The third kappa shape index (κ3) is 4.03. The van der Waals surface area contributed by atoms with Crippen molar-refractivity contribution in [2.24, 2.45) is 0 Å². The first-order valence-electron chi connectivity index (χ1n) is 7.57. The maximum atomic E-state index is 12.3. The smallest absolute Gasteiger partial charge is 0.338 e. The molecule has 3 aromatic rings. The van der Waals surface area contributed by atoms with Gasteiger partial charge >= 0.3 is 11.6 Å². The number of fused-ring (bicyclic) bond motifs is 1. The van der Waals surface area contributed by atoms with E-state index < -0.39 is 11.6 Å². The minimum absolute atomic E-state index is 0.00426. The van der Waals surface area contributed by atoms with Gasteiger partial charge in [0.15, 0.2) is 0 Å². The van der Waals surface area contributed by atoms with Gasteiger partial charge < -0.3 is 14.3 Å². The Labute approximate surface area is 148 Å². The second kappa shape index (κ2) is 7.44. The molecule has 1 heterocycles. The third-order valence-corrected chi connectivity index (χ3v) is 4.27. The standard InChI is InChI=1S/C19H16O5S/c1-25-11-12-3-2-4-13(7-12)19(22)23-10-14-8-18(21)24-17-9-15(20)5-6-16(14)17/h2-9,20H,10-11H2,1H3. The SMILES string of the molecule is CSCc1cccc(C(=O)OCc2cc(=O)oc3cc(O)ccc23)c1. The number of carbonyl (C=O) groups is 1. The minimum atomic E-state index is -0.564. The Morgan fingerprint density at radius 3 is 2.84 bits per heavy atom. The van der Waals surface area contributed by atoms with Crippen molar-refractivity contribution in [2.75, 3.05) is 6.26 Å². The van der Waals surface area contributed by atoms with E-state index in [1.807, 2.05) is 18.4 Å². The fourth-order valence-electron chi connectivity index (χ4n) is 2.52. The summed E-state index contributed by atoms with van der Waals surface area (Å²) in [7, 11) is 0. The molecule has 1 N–H and O–H groups in total. The Morgan fingerprint density at radius 1 is 1.20 bits per heavy atom. The third-order valence-electron chi connectivity index (χ3n) is 3.65. The summed E-state index contributed by atoms with van der Waals surface area (Å²) >= 11 is 1.67. The zero-order valence-corrected chi connectivity index (χ0v) is 14.3. The van der Waals surface area contributed by atoms with E-state index in [-0.39, 0.29) is 17.9 Å². The zero-order valence-electron chi connectivity index (χ0n) is 13.5. The molecule has 0 saturated carbocycles. The van der Waals surface area contributed by atoms with Crippen molar-refractivity contribution in [3.8, 4) is 5.75 Å². The van der Waals surface area contributed by atoms with Crippen LogP contribution in [0.3, 0.4) is 0 Å². The number of aromatic hydroxyl groups is 1. The topological polar surface area (TPSA) is 76.7 Å². The largest absolute Gasteiger partial charge is 0.508 e. The van der Waals surface area contributed by atoms with Gasteiger partial charge in [0.05, 0.1) is 5.56 Å². The fraction of sp³-hybridized carbons (Fsp3) is 0.158. The van der Waals surface area contributed by atoms with E-state index in [1.54, 1.807) is 30.0 Å². The van der Waals surface area contributed by atoms with Crippen LogP contribution >= 0.6 is 11.8 Å². The molecule has 0 radical (unpaired) electrons. The van der Waals surface area contributed by atoms with Crippen LogP contribution in [-0.2, 0) is 17.1 Å². The van der Waals surface area contributed by atoms with Crippen molar-refractivity contribution in [3.63, 3.8) is 0 Å². The normalized spacial score (nSPS) is 10.8. The highest BCUT2D eigenvalue weighted by molar-refractivity contribution is 7.97. The summed E-state index contributed by atoms with van der Waals surface area (Å²) in [5.41, 5.74) is 1.73. The van der Waals surface area contributed by atoms with Crippen molar-refractivity contribution < 1.29 is 19.1 Å². The number of esters is 1. The number of carbonyl (C=O) groups excluding carboxylic acids is 1. The van der Waals surface area contributed by atoms with Crippen LogP contribution in [0.1, 0.15) is 21.5 Å². The number of benzene rings is 2. The molecular weight excluding hydrogens is 340 g/mol. The molecule has 3 rings (SSSR count). The number of thioether (sulfide) groups is 1. The summed E-state index contributed by atoms with van der Waals surface area (Å²) in [6, 6.07) is 13.0. The van der Waals surface area contributed by atoms with Crippen LogP contribution in [0.2, 0.25) is 0 Å². The summed E-state index contributed by atoms with van der Waals surface area (Å²) < 4.78 is 10.4. The molecule has 0 aliphatic rings. The van der Waals surface area contributed by atoms with Crippen LogP contribution in [0.4, 0.5) is 0 Å². The van der Waals surface area contributed by atoms with Crippen LogP contribution < -0.4 is 5.63 Å². The van der Waals surface area contributed by atoms with Crippen molar-refractivity contribution in [1.82, 2.24) is 0 Å². The number of phenols is 1. The fourth-order valence-corrected chi connectivity index (χ4v) is 3.03. The minimum Gasteiger partial charge on any atom is -0.508 e. The number of ether oxygens (including phenoxy) is 1. The van der Waals surface area contributed by atoms with Gasteiger partial charge in [-0.25, -0.2) is 9.59 Å². The molecule has 0 saturated heterocycles. The molecule has 0 amide bonds. The molecule has 5 nitrogen and oxygen atoms in total. The Kier molecular flexibility index (Phi) is 5.09. The van der Waals surface area contributed by atoms with E-state index in [1.165, 1.54) is 18.2 Å². The van der Waals surface area contributed by atoms with Gasteiger partial charge in [-0.3, -0.25) is 0 Å². The highest BCUT2D eigenvalue weighted by atomic mass is 32.2. The van der Waals surface area contributed by atoms with Crippen molar-refractivity contribution in [2.45, 2.75) is 12.4 Å². The van der Waals surface area contributed by atoms with Gasteiger partial charge in [0.25, 0.3) is 0 Å². The quantitative estimate of drug-likeness (QED) is 0.555. The number of hydrogen-bond donors (Lipinski definition) is 1. The van der Waals surface area contributed by atoms with Crippen molar-refractivity contribution in [3.05, 3.63) is 75.6 Å².